The van der Waals surface area contributed by atoms with Crippen LogP contribution < -0.4 is 0 Å². The summed E-state index contributed by atoms with van der Waals surface area (Å²) >= 11 is 5.42. The van der Waals surface area contributed by atoms with Crippen LogP contribution in [0.3, 0.4) is 0 Å². The summed E-state index contributed by atoms with van der Waals surface area (Å²) in [4.78, 5) is 11.3. The van der Waals surface area contributed by atoms with Crippen LogP contribution in [0.25, 0.3) is 0 Å². The zero-order valence-corrected chi connectivity index (χ0v) is 12.3. The second-order valence-electron chi connectivity index (χ2n) is 2.99. The number of benzene rings is 1. The molecule has 1 aromatic rings. The fourth-order valence-electron chi connectivity index (χ4n) is 1.20. The lowest BCUT2D eigenvalue weighted by molar-refractivity contribution is -0.142. The summed E-state index contributed by atoms with van der Waals surface area (Å²) in [5.74, 6) is -0.284. The van der Waals surface area contributed by atoms with Crippen molar-refractivity contribution in [2.24, 2.45) is 0 Å². The summed E-state index contributed by atoms with van der Waals surface area (Å²) in [6.07, 6.45) is 0.181. The van der Waals surface area contributed by atoms with Gasteiger partial charge < -0.3 is 4.74 Å². The number of nitriles is 1. The van der Waals surface area contributed by atoms with Gasteiger partial charge in [-0.15, -0.1) is 0 Å². The molecule has 0 aliphatic carbocycles. The third-order valence-electron chi connectivity index (χ3n) is 1.92. The first-order valence-corrected chi connectivity index (χ1v) is 6.50. The van der Waals surface area contributed by atoms with Crippen LogP contribution in [0.4, 0.5) is 0 Å². The van der Waals surface area contributed by atoms with E-state index in [1.54, 1.807) is 6.92 Å². The van der Waals surface area contributed by atoms with Crippen LogP contribution in [-0.2, 0) is 16.0 Å². The standard InChI is InChI=1S/C11H9BrINO2/c1-2-16-10(15)5-7-3-4-9(13)8(6-14)11(7)12/h3-4H,2,5H2,1H3. The number of esters is 1. The van der Waals surface area contributed by atoms with E-state index in [2.05, 4.69) is 44.6 Å². The van der Waals surface area contributed by atoms with Crippen LogP contribution in [0.15, 0.2) is 16.6 Å². The van der Waals surface area contributed by atoms with Crippen molar-refractivity contribution in [2.45, 2.75) is 13.3 Å². The number of rotatable bonds is 3. The van der Waals surface area contributed by atoms with Gasteiger partial charge in [-0.05, 0) is 57.1 Å². The van der Waals surface area contributed by atoms with E-state index in [-0.39, 0.29) is 12.4 Å². The third kappa shape index (κ3) is 3.19. The molecule has 1 aromatic carbocycles. The van der Waals surface area contributed by atoms with Gasteiger partial charge in [0.2, 0.25) is 0 Å². The van der Waals surface area contributed by atoms with E-state index in [1.165, 1.54) is 0 Å². The summed E-state index contributed by atoms with van der Waals surface area (Å²) in [5.41, 5.74) is 1.33. The van der Waals surface area contributed by atoms with Crippen molar-refractivity contribution in [3.8, 4) is 6.07 Å². The Balaban J connectivity index is 2.99. The van der Waals surface area contributed by atoms with Crippen LogP contribution in [0.1, 0.15) is 18.1 Å². The van der Waals surface area contributed by atoms with E-state index in [9.17, 15) is 4.79 Å². The Labute approximate surface area is 116 Å². The van der Waals surface area contributed by atoms with Crippen molar-refractivity contribution in [2.75, 3.05) is 6.61 Å². The normalized spacial score (nSPS) is 9.62. The smallest absolute Gasteiger partial charge is 0.310 e. The molecule has 0 fully saturated rings. The van der Waals surface area contributed by atoms with Gasteiger partial charge in [-0.1, -0.05) is 6.07 Å². The van der Waals surface area contributed by atoms with E-state index < -0.39 is 0 Å². The Morgan fingerprint density at radius 3 is 2.88 bits per heavy atom. The van der Waals surface area contributed by atoms with Gasteiger partial charge in [0.1, 0.15) is 6.07 Å². The van der Waals surface area contributed by atoms with Gasteiger partial charge in [-0.2, -0.15) is 5.26 Å². The highest BCUT2D eigenvalue weighted by atomic mass is 127. The minimum atomic E-state index is -0.284. The number of carbonyl (C=O) groups is 1. The average Bonchev–Trinajstić information content (AvgIpc) is 2.23. The Bertz CT molecular complexity index is 454. The average molecular weight is 394 g/mol. The largest absolute Gasteiger partial charge is 0.466 e. The molecule has 0 unspecified atom stereocenters. The molecule has 0 radical (unpaired) electrons. The first-order valence-electron chi connectivity index (χ1n) is 4.62. The quantitative estimate of drug-likeness (QED) is 0.585. The molecule has 0 saturated heterocycles. The Morgan fingerprint density at radius 1 is 1.62 bits per heavy atom. The van der Waals surface area contributed by atoms with Gasteiger partial charge in [0.05, 0.1) is 18.6 Å². The summed E-state index contributed by atoms with van der Waals surface area (Å²) in [5, 5.41) is 8.96. The molecule has 0 N–H and O–H groups in total. The van der Waals surface area contributed by atoms with Crippen LogP contribution in [-0.4, -0.2) is 12.6 Å². The zero-order chi connectivity index (χ0) is 12.1. The summed E-state index contributed by atoms with van der Waals surface area (Å²) < 4.78 is 6.40. The predicted molar refractivity (Wildman–Crippen MR) is 71.9 cm³/mol. The van der Waals surface area contributed by atoms with E-state index >= 15 is 0 Å². The highest BCUT2D eigenvalue weighted by Gasteiger charge is 2.12. The maximum Gasteiger partial charge on any atom is 0.310 e. The van der Waals surface area contributed by atoms with E-state index in [4.69, 9.17) is 10.00 Å². The third-order valence-corrected chi connectivity index (χ3v) is 3.73. The molecule has 0 atom stereocenters. The highest BCUT2D eigenvalue weighted by molar-refractivity contribution is 14.1. The van der Waals surface area contributed by atoms with Gasteiger partial charge in [0, 0.05) is 8.04 Å². The van der Waals surface area contributed by atoms with Crippen molar-refractivity contribution < 1.29 is 9.53 Å². The van der Waals surface area contributed by atoms with Gasteiger partial charge >= 0.3 is 5.97 Å². The molecule has 0 aromatic heterocycles. The molecule has 0 aliphatic heterocycles. The summed E-state index contributed by atoms with van der Waals surface area (Å²) in [7, 11) is 0. The second-order valence-corrected chi connectivity index (χ2v) is 4.94. The molecule has 0 spiro atoms. The molecule has 0 heterocycles. The number of nitrogens with zero attached hydrogens (tertiary/aromatic N) is 1. The predicted octanol–water partition coefficient (Wildman–Crippen LogP) is 3.03. The van der Waals surface area contributed by atoms with Crippen LogP contribution >= 0.6 is 38.5 Å². The Kier molecular flexibility index (Phi) is 5.22. The lowest BCUT2D eigenvalue weighted by Crippen LogP contribution is -2.08. The monoisotopic (exact) mass is 393 g/mol. The van der Waals surface area contributed by atoms with E-state index in [0.717, 1.165) is 9.13 Å². The van der Waals surface area contributed by atoms with Crippen LogP contribution in [0.5, 0.6) is 0 Å². The molecule has 0 aliphatic rings. The molecular formula is C11H9BrINO2. The number of ether oxygens (including phenoxy) is 1. The maximum absolute atomic E-state index is 11.3. The van der Waals surface area contributed by atoms with Gasteiger partial charge in [-0.3, -0.25) is 4.79 Å². The second kappa shape index (κ2) is 6.21. The SMILES string of the molecule is CCOC(=O)Cc1ccc(I)c(C#N)c1Br. The lowest BCUT2D eigenvalue weighted by Gasteiger charge is -2.07. The summed E-state index contributed by atoms with van der Waals surface area (Å²) in [6.45, 7) is 2.13. The lowest BCUT2D eigenvalue weighted by atomic mass is 10.1. The zero-order valence-electron chi connectivity index (χ0n) is 8.59. The van der Waals surface area contributed by atoms with Gasteiger partial charge in [0.25, 0.3) is 0 Å². The minimum absolute atomic E-state index is 0.181. The van der Waals surface area contributed by atoms with Crippen molar-refractivity contribution in [1.82, 2.24) is 0 Å². The van der Waals surface area contributed by atoms with Crippen molar-refractivity contribution in [3.63, 3.8) is 0 Å². The van der Waals surface area contributed by atoms with E-state index in [0.29, 0.717) is 16.6 Å². The first-order chi connectivity index (χ1) is 7.60. The fraction of sp³-hybridized carbons (Fsp3) is 0.273. The molecule has 5 heteroatoms. The molecular weight excluding hydrogens is 385 g/mol. The number of hydrogen-bond donors (Lipinski definition) is 0. The first kappa shape index (κ1) is 13.5. The van der Waals surface area contributed by atoms with Gasteiger partial charge in [-0.25, -0.2) is 0 Å². The maximum atomic E-state index is 11.3. The molecule has 84 valence electrons. The topological polar surface area (TPSA) is 50.1 Å². The highest BCUT2D eigenvalue weighted by Crippen LogP contribution is 2.26. The Hall–Kier alpha value is -0.610. The van der Waals surface area contributed by atoms with Gasteiger partial charge in [0.15, 0.2) is 0 Å². The fourth-order valence-corrected chi connectivity index (χ4v) is 2.72. The minimum Gasteiger partial charge on any atom is -0.466 e. The van der Waals surface area contributed by atoms with Crippen molar-refractivity contribution in [1.29, 1.82) is 5.26 Å². The van der Waals surface area contributed by atoms with Crippen molar-refractivity contribution in [3.05, 3.63) is 31.3 Å². The number of hydrogen-bond acceptors (Lipinski definition) is 3. The molecule has 16 heavy (non-hydrogen) atoms. The van der Waals surface area contributed by atoms with Crippen LogP contribution in [0.2, 0.25) is 0 Å². The summed E-state index contributed by atoms with van der Waals surface area (Å²) in [6, 6.07) is 5.74. The molecule has 0 amide bonds. The van der Waals surface area contributed by atoms with Crippen LogP contribution in [0, 0.1) is 14.9 Å². The number of carbonyl (C=O) groups excluding carboxylic acids is 1. The van der Waals surface area contributed by atoms with Crippen molar-refractivity contribution >= 4 is 44.5 Å². The molecule has 3 nitrogen and oxygen atoms in total. The Morgan fingerprint density at radius 2 is 2.31 bits per heavy atom. The number of halogens is 2. The molecule has 1 rings (SSSR count). The molecule has 0 bridgehead atoms. The molecule has 0 saturated carbocycles. The van der Waals surface area contributed by atoms with E-state index in [1.807, 2.05) is 12.1 Å².